The molecule has 0 bridgehead atoms. The molecule has 3 rings (SSSR count). The van der Waals surface area contributed by atoms with E-state index in [0.29, 0.717) is 23.2 Å². The Morgan fingerprint density at radius 2 is 2.12 bits per heavy atom. The molecule has 1 saturated heterocycles. The maximum atomic E-state index is 13.0. The first-order valence-corrected chi connectivity index (χ1v) is 9.06. The Kier molecular flexibility index (Phi) is 5.88. The van der Waals surface area contributed by atoms with Crippen molar-refractivity contribution in [2.24, 2.45) is 0 Å². The molecular formula is C19H18BrFN2O3. The second-order valence-corrected chi connectivity index (χ2v) is 6.81. The molecule has 1 aliphatic rings. The van der Waals surface area contributed by atoms with E-state index in [2.05, 4.69) is 21.2 Å². The van der Waals surface area contributed by atoms with Crippen LogP contribution >= 0.6 is 15.9 Å². The van der Waals surface area contributed by atoms with E-state index in [1.807, 2.05) is 24.3 Å². The minimum atomic E-state index is -0.384. The van der Waals surface area contributed by atoms with Crippen LogP contribution < -0.4 is 15.0 Å². The Balaban J connectivity index is 1.52. The van der Waals surface area contributed by atoms with Crippen molar-refractivity contribution in [3.8, 4) is 5.75 Å². The molecule has 0 radical (unpaired) electrons. The van der Waals surface area contributed by atoms with Crippen LogP contribution in [-0.4, -0.2) is 25.0 Å². The highest BCUT2D eigenvalue weighted by atomic mass is 79.9. The summed E-state index contributed by atoms with van der Waals surface area (Å²) in [6.07, 6.45) is 1.45. The molecule has 7 heteroatoms. The van der Waals surface area contributed by atoms with E-state index in [9.17, 15) is 14.0 Å². The summed E-state index contributed by atoms with van der Waals surface area (Å²) < 4.78 is 18.9. The summed E-state index contributed by atoms with van der Waals surface area (Å²) in [5, 5.41) is 2.77. The highest BCUT2D eigenvalue weighted by Gasteiger charge is 2.21. The number of hydrogen-bond donors (Lipinski definition) is 1. The summed E-state index contributed by atoms with van der Waals surface area (Å²) in [5.41, 5.74) is 1.75. The smallest absolute Gasteiger partial charge is 0.258 e. The first kappa shape index (κ1) is 18.4. The molecule has 1 heterocycles. The number of rotatable bonds is 6. The quantitative estimate of drug-likeness (QED) is 0.778. The molecular weight excluding hydrogens is 403 g/mol. The maximum absolute atomic E-state index is 13.0. The van der Waals surface area contributed by atoms with E-state index in [0.717, 1.165) is 24.2 Å². The molecule has 2 aromatic carbocycles. The molecule has 5 nitrogen and oxygen atoms in total. The van der Waals surface area contributed by atoms with Gasteiger partial charge in [0.2, 0.25) is 5.91 Å². The van der Waals surface area contributed by atoms with Crippen molar-refractivity contribution in [3.63, 3.8) is 0 Å². The van der Waals surface area contributed by atoms with Gasteiger partial charge < -0.3 is 15.0 Å². The molecule has 0 unspecified atom stereocenters. The highest BCUT2D eigenvalue weighted by Crippen LogP contribution is 2.25. The Bertz CT molecular complexity index is 828. The average molecular weight is 421 g/mol. The van der Waals surface area contributed by atoms with Crippen LogP contribution in [0.1, 0.15) is 18.4 Å². The Morgan fingerprint density at radius 3 is 2.85 bits per heavy atom. The lowest BCUT2D eigenvalue weighted by Gasteiger charge is -2.16. The normalized spacial score (nSPS) is 13.8. The lowest BCUT2D eigenvalue weighted by molar-refractivity contribution is -0.123. The number of nitrogens with zero attached hydrogens (tertiary/aromatic N) is 1. The monoisotopic (exact) mass is 420 g/mol. The van der Waals surface area contributed by atoms with Crippen molar-refractivity contribution in [1.82, 2.24) is 5.32 Å². The summed E-state index contributed by atoms with van der Waals surface area (Å²) in [5.74, 6) is -0.144. The van der Waals surface area contributed by atoms with Gasteiger partial charge in [0.1, 0.15) is 11.6 Å². The minimum Gasteiger partial charge on any atom is -0.483 e. The molecule has 0 aromatic heterocycles. The maximum Gasteiger partial charge on any atom is 0.258 e. The van der Waals surface area contributed by atoms with E-state index in [4.69, 9.17) is 4.74 Å². The van der Waals surface area contributed by atoms with Crippen LogP contribution in [0.3, 0.4) is 0 Å². The molecule has 1 N–H and O–H groups in total. The predicted molar refractivity (Wildman–Crippen MR) is 99.5 cm³/mol. The number of carbonyl (C=O) groups is 2. The first-order valence-electron chi connectivity index (χ1n) is 8.27. The average Bonchev–Trinajstić information content (AvgIpc) is 3.05. The second kappa shape index (κ2) is 8.31. The fourth-order valence-electron chi connectivity index (χ4n) is 2.74. The number of nitrogens with one attached hydrogen (secondary N) is 1. The fraction of sp³-hybridized carbons (Fsp3) is 0.263. The van der Waals surface area contributed by atoms with Gasteiger partial charge >= 0.3 is 0 Å². The van der Waals surface area contributed by atoms with Crippen LogP contribution in [0.5, 0.6) is 5.75 Å². The van der Waals surface area contributed by atoms with Crippen molar-refractivity contribution in [2.75, 3.05) is 18.1 Å². The van der Waals surface area contributed by atoms with E-state index >= 15 is 0 Å². The third-order valence-electron chi connectivity index (χ3n) is 4.04. The number of benzene rings is 2. The number of hydrogen-bond acceptors (Lipinski definition) is 3. The fourth-order valence-corrected chi connectivity index (χ4v) is 3.21. The number of carbonyl (C=O) groups excluding carboxylic acids is 2. The van der Waals surface area contributed by atoms with E-state index in [-0.39, 0.29) is 24.2 Å². The van der Waals surface area contributed by atoms with Crippen molar-refractivity contribution in [3.05, 3.63) is 58.3 Å². The molecule has 1 fully saturated rings. The molecule has 2 aromatic rings. The van der Waals surface area contributed by atoms with Crippen molar-refractivity contribution in [2.45, 2.75) is 19.4 Å². The van der Waals surface area contributed by atoms with Crippen molar-refractivity contribution < 1.29 is 18.7 Å². The van der Waals surface area contributed by atoms with Gasteiger partial charge in [-0.2, -0.15) is 0 Å². The zero-order valence-corrected chi connectivity index (χ0v) is 15.6. The van der Waals surface area contributed by atoms with Crippen LogP contribution in [0.15, 0.2) is 46.9 Å². The Hall–Kier alpha value is -2.41. The summed E-state index contributed by atoms with van der Waals surface area (Å²) in [7, 11) is 0. The lowest BCUT2D eigenvalue weighted by Crippen LogP contribution is -2.28. The Labute approximate surface area is 159 Å². The highest BCUT2D eigenvalue weighted by molar-refractivity contribution is 9.10. The van der Waals surface area contributed by atoms with Crippen LogP contribution in [0, 0.1) is 5.82 Å². The SMILES string of the molecule is O=C(COc1ccc(F)cc1Br)NCc1cccc(N2CCCC2=O)c1. The minimum absolute atomic E-state index is 0.129. The third-order valence-corrected chi connectivity index (χ3v) is 4.66. The van der Waals surface area contributed by atoms with Gasteiger partial charge in [-0.15, -0.1) is 0 Å². The Morgan fingerprint density at radius 1 is 1.27 bits per heavy atom. The summed E-state index contributed by atoms with van der Waals surface area (Å²) in [4.78, 5) is 25.6. The van der Waals surface area contributed by atoms with Crippen molar-refractivity contribution in [1.29, 1.82) is 0 Å². The molecule has 0 saturated carbocycles. The van der Waals surface area contributed by atoms with Crippen LogP contribution in [0.4, 0.5) is 10.1 Å². The zero-order valence-electron chi connectivity index (χ0n) is 14.0. The van der Waals surface area contributed by atoms with Gasteiger partial charge in [0.25, 0.3) is 5.91 Å². The third kappa shape index (κ3) is 4.60. The topological polar surface area (TPSA) is 58.6 Å². The largest absolute Gasteiger partial charge is 0.483 e. The van der Waals surface area contributed by atoms with E-state index in [1.165, 1.54) is 18.2 Å². The molecule has 0 aliphatic carbocycles. The van der Waals surface area contributed by atoms with Gasteiger partial charge in [-0.1, -0.05) is 12.1 Å². The molecule has 0 spiro atoms. The van der Waals surface area contributed by atoms with Gasteiger partial charge in [0.15, 0.2) is 6.61 Å². The number of ether oxygens (including phenoxy) is 1. The van der Waals surface area contributed by atoms with E-state index < -0.39 is 0 Å². The van der Waals surface area contributed by atoms with Gasteiger partial charge in [-0.25, -0.2) is 4.39 Å². The molecule has 2 amide bonds. The van der Waals surface area contributed by atoms with Gasteiger partial charge in [0, 0.05) is 25.2 Å². The van der Waals surface area contributed by atoms with Crippen LogP contribution in [-0.2, 0) is 16.1 Å². The van der Waals surface area contributed by atoms with Gasteiger partial charge in [0.05, 0.1) is 4.47 Å². The molecule has 0 atom stereocenters. The number of anilines is 1. The molecule has 136 valence electrons. The van der Waals surface area contributed by atoms with Gasteiger partial charge in [-0.05, 0) is 58.2 Å². The lowest BCUT2D eigenvalue weighted by atomic mass is 10.2. The van der Waals surface area contributed by atoms with Crippen LogP contribution in [0.25, 0.3) is 0 Å². The van der Waals surface area contributed by atoms with Gasteiger partial charge in [-0.3, -0.25) is 9.59 Å². The molecule has 26 heavy (non-hydrogen) atoms. The summed E-state index contributed by atoms with van der Waals surface area (Å²) >= 11 is 3.19. The van der Waals surface area contributed by atoms with Crippen LogP contribution in [0.2, 0.25) is 0 Å². The zero-order chi connectivity index (χ0) is 18.5. The standard InChI is InChI=1S/C19H18BrFN2O3/c20-16-10-14(21)6-7-17(16)26-12-18(24)22-11-13-3-1-4-15(9-13)23-8-2-5-19(23)25/h1,3-4,6-7,9-10H,2,5,8,11-12H2,(H,22,24). The first-order chi connectivity index (χ1) is 12.5. The summed E-state index contributed by atoms with van der Waals surface area (Å²) in [6.45, 7) is 0.895. The predicted octanol–water partition coefficient (Wildman–Crippen LogP) is 3.41. The van der Waals surface area contributed by atoms with E-state index in [1.54, 1.807) is 4.90 Å². The number of amides is 2. The van der Waals surface area contributed by atoms with Crippen molar-refractivity contribution >= 4 is 33.4 Å². The molecule has 1 aliphatic heterocycles. The summed E-state index contributed by atoms with van der Waals surface area (Å²) in [6, 6.07) is 11.6. The number of halogens is 2. The second-order valence-electron chi connectivity index (χ2n) is 5.96.